The average molecular weight is 527 g/mol. The number of aromatic hydroxyl groups is 1. The molecular formula is C28H27ClO8. The summed E-state index contributed by atoms with van der Waals surface area (Å²) in [6.07, 6.45) is 6.40. The van der Waals surface area contributed by atoms with Crippen molar-refractivity contribution in [2.24, 2.45) is 0 Å². The van der Waals surface area contributed by atoms with Gasteiger partial charge in [-0.3, -0.25) is 9.59 Å². The number of rotatable bonds is 1. The fraction of sp³-hybridized carbons (Fsp3) is 0.393. The van der Waals surface area contributed by atoms with Gasteiger partial charge in [0.15, 0.2) is 11.5 Å². The van der Waals surface area contributed by atoms with Crippen molar-refractivity contribution < 1.29 is 38.4 Å². The number of Topliss-reactive ketones (excluding diaryl/α,β-unsaturated/α-hetero) is 1. The van der Waals surface area contributed by atoms with E-state index in [-0.39, 0.29) is 36.1 Å². The molecule has 0 aromatic heterocycles. The van der Waals surface area contributed by atoms with Crippen LogP contribution in [-0.4, -0.2) is 35.7 Å². The molecule has 0 fully saturated rings. The molecule has 0 unspecified atom stereocenters. The van der Waals surface area contributed by atoms with Crippen LogP contribution in [0.4, 0.5) is 0 Å². The van der Waals surface area contributed by atoms with Crippen molar-refractivity contribution in [3.63, 3.8) is 0 Å². The number of ether oxygens (including phenoxy) is 4. The van der Waals surface area contributed by atoms with E-state index < -0.39 is 24.0 Å². The predicted octanol–water partition coefficient (Wildman–Crippen LogP) is 5.70. The molecule has 0 amide bonds. The standard InChI is InChI=1S/C28H27ClO8/c1-15-6-5-9-18(30)8-4-2-3-7-16-11-21-25(26(32)24(16)28(33)36-15)19(13-23(31)37-21)17-10-20(29)27-22(12-17)34-14-35-27/h3,7,10-12,15,19,32H,2,4-6,8-9,13-14H2,1H3/b7-3+/t15-,19+/m0/s1. The quantitative estimate of drug-likeness (QED) is 0.372. The maximum absolute atomic E-state index is 13.3. The van der Waals surface area contributed by atoms with Gasteiger partial charge in [0.1, 0.15) is 22.8 Å². The lowest BCUT2D eigenvalue weighted by molar-refractivity contribution is -0.135. The van der Waals surface area contributed by atoms with E-state index in [0.29, 0.717) is 71.7 Å². The number of hydrogen-bond donors (Lipinski definition) is 1. The second kappa shape index (κ2) is 10.5. The third-order valence-corrected chi connectivity index (χ3v) is 7.11. The summed E-state index contributed by atoms with van der Waals surface area (Å²) in [5.41, 5.74) is 1.29. The summed E-state index contributed by atoms with van der Waals surface area (Å²) in [7, 11) is 0. The lowest BCUT2D eigenvalue weighted by Crippen LogP contribution is -2.23. The molecule has 2 atom stereocenters. The highest BCUT2D eigenvalue weighted by molar-refractivity contribution is 6.32. The van der Waals surface area contributed by atoms with Gasteiger partial charge in [0.2, 0.25) is 6.79 Å². The van der Waals surface area contributed by atoms with Crippen LogP contribution in [0.1, 0.15) is 84.8 Å². The van der Waals surface area contributed by atoms with E-state index in [2.05, 4.69) is 0 Å². The molecule has 0 saturated heterocycles. The van der Waals surface area contributed by atoms with Crippen LogP contribution in [0.25, 0.3) is 6.08 Å². The van der Waals surface area contributed by atoms with Gasteiger partial charge >= 0.3 is 11.9 Å². The molecule has 37 heavy (non-hydrogen) atoms. The van der Waals surface area contributed by atoms with Gasteiger partial charge in [-0.05, 0) is 61.9 Å². The first kappa shape index (κ1) is 25.1. The summed E-state index contributed by atoms with van der Waals surface area (Å²) in [5, 5.41) is 11.8. The van der Waals surface area contributed by atoms with E-state index in [1.165, 1.54) is 0 Å². The maximum Gasteiger partial charge on any atom is 0.342 e. The van der Waals surface area contributed by atoms with Gasteiger partial charge in [0, 0.05) is 24.3 Å². The van der Waals surface area contributed by atoms with Crippen LogP contribution in [0.15, 0.2) is 24.3 Å². The van der Waals surface area contributed by atoms with Crippen LogP contribution in [0.3, 0.4) is 0 Å². The summed E-state index contributed by atoms with van der Waals surface area (Å²) in [6.45, 7) is 1.80. The minimum absolute atomic E-state index is 0.00442. The predicted molar refractivity (Wildman–Crippen MR) is 134 cm³/mol. The van der Waals surface area contributed by atoms with Crippen molar-refractivity contribution in [2.75, 3.05) is 6.79 Å². The first-order valence-electron chi connectivity index (χ1n) is 12.4. The fourth-order valence-electron chi connectivity index (χ4n) is 4.99. The number of phenolic OH excluding ortho intramolecular Hbond substituents is 1. The number of benzene rings is 2. The van der Waals surface area contributed by atoms with Gasteiger partial charge in [0.25, 0.3) is 0 Å². The first-order chi connectivity index (χ1) is 17.8. The largest absolute Gasteiger partial charge is 0.507 e. The molecule has 0 spiro atoms. The minimum Gasteiger partial charge on any atom is -0.507 e. The van der Waals surface area contributed by atoms with Gasteiger partial charge in [-0.1, -0.05) is 23.8 Å². The van der Waals surface area contributed by atoms with E-state index in [1.807, 2.05) is 6.08 Å². The highest BCUT2D eigenvalue weighted by Crippen LogP contribution is 2.50. The molecule has 3 aliphatic rings. The Balaban J connectivity index is 1.60. The first-order valence-corrected chi connectivity index (χ1v) is 12.8. The third-order valence-electron chi connectivity index (χ3n) is 6.83. The highest BCUT2D eigenvalue weighted by atomic mass is 35.5. The number of phenols is 1. The number of carbonyl (C=O) groups is 3. The average Bonchev–Trinajstić information content (AvgIpc) is 3.32. The molecule has 3 heterocycles. The zero-order valence-corrected chi connectivity index (χ0v) is 21.1. The Labute approximate surface area is 219 Å². The van der Waals surface area contributed by atoms with Crippen molar-refractivity contribution in [3.05, 3.63) is 51.6 Å². The number of allylic oxidation sites excluding steroid dienone is 1. The van der Waals surface area contributed by atoms with E-state index in [4.69, 9.17) is 30.5 Å². The van der Waals surface area contributed by atoms with Gasteiger partial charge < -0.3 is 24.1 Å². The molecule has 0 saturated carbocycles. The number of halogens is 1. The van der Waals surface area contributed by atoms with Crippen LogP contribution in [0, 0.1) is 0 Å². The van der Waals surface area contributed by atoms with Crippen LogP contribution in [0.2, 0.25) is 5.02 Å². The van der Waals surface area contributed by atoms with Crippen LogP contribution in [-0.2, 0) is 14.3 Å². The molecule has 0 radical (unpaired) electrons. The van der Waals surface area contributed by atoms with Crippen molar-refractivity contribution >= 4 is 35.4 Å². The number of esters is 2. The van der Waals surface area contributed by atoms with E-state index in [1.54, 1.807) is 31.2 Å². The Morgan fingerprint density at radius 1 is 1.03 bits per heavy atom. The Bertz CT molecular complexity index is 1300. The number of fused-ring (bicyclic) bond motifs is 3. The van der Waals surface area contributed by atoms with Crippen LogP contribution in [0.5, 0.6) is 23.0 Å². The Morgan fingerprint density at radius 2 is 1.84 bits per heavy atom. The summed E-state index contributed by atoms with van der Waals surface area (Å²) >= 11 is 6.40. The number of ketones is 1. The molecule has 2 aromatic rings. The molecule has 8 nitrogen and oxygen atoms in total. The van der Waals surface area contributed by atoms with E-state index >= 15 is 0 Å². The molecule has 3 aliphatic heterocycles. The monoisotopic (exact) mass is 526 g/mol. The molecule has 1 N–H and O–H groups in total. The Hall–Kier alpha value is -3.52. The Kier molecular flexibility index (Phi) is 7.11. The molecule has 9 heteroatoms. The molecular weight excluding hydrogens is 500 g/mol. The van der Waals surface area contributed by atoms with Gasteiger partial charge in [0.05, 0.1) is 17.5 Å². The summed E-state index contributed by atoms with van der Waals surface area (Å²) in [6, 6.07) is 4.95. The van der Waals surface area contributed by atoms with Gasteiger partial charge in [-0.25, -0.2) is 4.79 Å². The van der Waals surface area contributed by atoms with Crippen molar-refractivity contribution in [2.45, 2.75) is 63.9 Å². The van der Waals surface area contributed by atoms with Crippen LogP contribution < -0.4 is 14.2 Å². The van der Waals surface area contributed by atoms with Crippen molar-refractivity contribution in [1.82, 2.24) is 0 Å². The number of carbonyl (C=O) groups excluding carboxylic acids is 3. The highest BCUT2D eigenvalue weighted by Gasteiger charge is 2.36. The zero-order valence-electron chi connectivity index (χ0n) is 20.4. The molecule has 194 valence electrons. The van der Waals surface area contributed by atoms with Crippen molar-refractivity contribution in [3.8, 4) is 23.0 Å². The molecule has 0 bridgehead atoms. The van der Waals surface area contributed by atoms with Crippen molar-refractivity contribution in [1.29, 1.82) is 0 Å². The van der Waals surface area contributed by atoms with Gasteiger partial charge in [-0.2, -0.15) is 0 Å². The number of cyclic esters (lactones) is 1. The normalized spacial score (nSPS) is 22.8. The maximum atomic E-state index is 13.3. The van der Waals surface area contributed by atoms with E-state index in [9.17, 15) is 19.5 Å². The second-order valence-corrected chi connectivity index (χ2v) is 9.92. The summed E-state index contributed by atoms with van der Waals surface area (Å²) in [4.78, 5) is 38.0. The Morgan fingerprint density at radius 3 is 2.68 bits per heavy atom. The lowest BCUT2D eigenvalue weighted by atomic mass is 9.83. The second-order valence-electron chi connectivity index (χ2n) is 9.51. The smallest absolute Gasteiger partial charge is 0.342 e. The third kappa shape index (κ3) is 5.16. The van der Waals surface area contributed by atoms with Gasteiger partial charge in [-0.15, -0.1) is 0 Å². The number of hydrogen-bond acceptors (Lipinski definition) is 8. The summed E-state index contributed by atoms with van der Waals surface area (Å²) in [5.74, 6) is -0.895. The van der Waals surface area contributed by atoms with E-state index in [0.717, 1.165) is 0 Å². The minimum atomic E-state index is -0.685. The summed E-state index contributed by atoms with van der Waals surface area (Å²) < 4.78 is 22.1. The fourth-order valence-corrected chi connectivity index (χ4v) is 5.27. The topological polar surface area (TPSA) is 108 Å². The zero-order chi connectivity index (χ0) is 26.1. The molecule has 2 aromatic carbocycles. The molecule has 5 rings (SSSR count). The molecule has 0 aliphatic carbocycles. The lowest BCUT2D eigenvalue weighted by Gasteiger charge is -2.28. The SMILES string of the molecule is C[C@H]1CCCC(=O)CCC/C=C/c2cc3c(c(O)c2C(=O)O1)[C@@H](c1cc(Cl)c2c(c1)OCO2)CC(=O)O3. The van der Waals surface area contributed by atoms with Crippen LogP contribution >= 0.6 is 11.6 Å².